The van der Waals surface area contributed by atoms with Gasteiger partial charge in [0.25, 0.3) is 5.91 Å². The molecule has 27 heavy (non-hydrogen) atoms. The van der Waals surface area contributed by atoms with E-state index in [0.29, 0.717) is 40.7 Å². The topological polar surface area (TPSA) is 149 Å². The van der Waals surface area contributed by atoms with Gasteiger partial charge in [0.1, 0.15) is 0 Å². The van der Waals surface area contributed by atoms with Gasteiger partial charge in [-0.25, -0.2) is 13.9 Å². The third-order valence-corrected chi connectivity index (χ3v) is 5.53. The van der Waals surface area contributed by atoms with E-state index in [-0.39, 0.29) is 11.5 Å². The Morgan fingerprint density at radius 3 is 2.37 bits per heavy atom. The van der Waals surface area contributed by atoms with E-state index in [4.69, 9.17) is 10.9 Å². The fourth-order valence-corrected chi connectivity index (χ4v) is 3.91. The molecule has 9 nitrogen and oxygen atoms in total. The zero-order chi connectivity index (χ0) is 19.8. The molecule has 144 valence electrons. The molecule has 1 amide bonds. The summed E-state index contributed by atoms with van der Waals surface area (Å²) in [5, 5.41) is 14.4. The van der Waals surface area contributed by atoms with Crippen molar-refractivity contribution in [3.8, 4) is 11.1 Å². The molecule has 1 atom stereocenters. The molecule has 0 saturated carbocycles. The van der Waals surface area contributed by atoms with Crippen molar-refractivity contribution in [3.05, 3.63) is 47.8 Å². The summed E-state index contributed by atoms with van der Waals surface area (Å²) in [4.78, 5) is 25.8. The first-order valence-corrected chi connectivity index (χ1v) is 9.80. The Morgan fingerprint density at radius 2 is 1.85 bits per heavy atom. The molecule has 1 saturated heterocycles. The Hall–Kier alpha value is -2.69. The number of carboxylic acids is 1. The van der Waals surface area contributed by atoms with E-state index < -0.39 is 21.9 Å². The molecule has 0 unspecified atom stereocenters. The molecule has 3 rings (SSSR count). The smallest absolute Gasteiger partial charge is 0.354 e. The third kappa shape index (κ3) is 3.72. The zero-order valence-corrected chi connectivity index (χ0v) is 15.2. The normalized spacial score (nSPS) is 17.3. The van der Waals surface area contributed by atoms with E-state index in [1.54, 1.807) is 29.2 Å². The maximum absolute atomic E-state index is 12.6. The number of rotatable bonds is 5. The first-order chi connectivity index (χ1) is 12.7. The van der Waals surface area contributed by atoms with E-state index in [1.165, 1.54) is 6.07 Å². The van der Waals surface area contributed by atoms with E-state index in [1.807, 2.05) is 0 Å². The fourth-order valence-electron chi connectivity index (χ4n) is 3.25. The van der Waals surface area contributed by atoms with Crippen molar-refractivity contribution in [2.45, 2.75) is 6.42 Å². The Bertz CT molecular complexity index is 981. The van der Waals surface area contributed by atoms with E-state index in [9.17, 15) is 23.1 Å². The van der Waals surface area contributed by atoms with Crippen LogP contribution >= 0.6 is 0 Å². The highest BCUT2D eigenvalue weighted by Gasteiger charge is 2.26. The summed E-state index contributed by atoms with van der Waals surface area (Å²) in [5.41, 5.74) is 6.33. The van der Waals surface area contributed by atoms with Crippen LogP contribution in [0.15, 0.2) is 36.5 Å². The van der Waals surface area contributed by atoms with Gasteiger partial charge in [0.2, 0.25) is 0 Å². The van der Waals surface area contributed by atoms with E-state index >= 15 is 0 Å². The third-order valence-electron chi connectivity index (χ3n) is 4.68. The van der Waals surface area contributed by atoms with E-state index in [0.717, 1.165) is 12.6 Å². The van der Waals surface area contributed by atoms with Gasteiger partial charge in [0.15, 0.2) is 5.69 Å². The minimum atomic E-state index is -4.24. The minimum Gasteiger partial charge on any atom is -0.477 e. The standard InChI is InChI=1S/C17H20N4O5S/c18-9-11-5-7-20(10-11)16(22)13-3-1-12(2-4-13)14-6-8-21(27(19,25)26)15(14)17(23)24/h1-4,6,8,11H,5,7,9-10,18H2,(H,23,24)(H2,19,25,26)/t11-/m0/s1. The van der Waals surface area contributed by atoms with Crippen molar-refractivity contribution >= 4 is 22.1 Å². The van der Waals surface area contributed by atoms with Gasteiger partial charge in [0.05, 0.1) is 0 Å². The molecule has 0 aliphatic carbocycles. The molecule has 0 bridgehead atoms. The van der Waals surface area contributed by atoms with Gasteiger partial charge >= 0.3 is 16.2 Å². The molecule has 1 aliphatic heterocycles. The largest absolute Gasteiger partial charge is 0.477 e. The highest BCUT2D eigenvalue weighted by molar-refractivity contribution is 7.87. The van der Waals surface area contributed by atoms with Crippen LogP contribution in [0.2, 0.25) is 0 Å². The van der Waals surface area contributed by atoms with Gasteiger partial charge in [-0.05, 0) is 42.6 Å². The average Bonchev–Trinajstić information content (AvgIpc) is 3.28. The second-order valence-corrected chi connectivity index (χ2v) is 7.87. The summed E-state index contributed by atoms with van der Waals surface area (Å²) in [5.74, 6) is -1.23. The Kier molecular flexibility index (Phi) is 5.05. The van der Waals surface area contributed by atoms with Crippen molar-refractivity contribution in [2.75, 3.05) is 19.6 Å². The number of carboxylic acid groups (broad SMARTS) is 1. The molecular formula is C17H20N4O5S. The quantitative estimate of drug-likeness (QED) is 0.667. The van der Waals surface area contributed by atoms with Crippen LogP contribution in [-0.2, 0) is 10.2 Å². The number of carbonyl (C=O) groups is 2. The average molecular weight is 392 g/mol. The lowest BCUT2D eigenvalue weighted by Crippen LogP contribution is -2.29. The molecule has 0 spiro atoms. The highest BCUT2D eigenvalue weighted by atomic mass is 32.2. The molecule has 0 radical (unpaired) electrons. The molecular weight excluding hydrogens is 372 g/mol. The SMILES string of the molecule is NC[C@@H]1CCN(C(=O)c2ccc(-c3ccn(S(N)(=O)=O)c3C(=O)O)cc2)C1. The summed E-state index contributed by atoms with van der Waals surface area (Å²) >= 11 is 0. The number of amides is 1. The van der Waals surface area contributed by atoms with Crippen molar-refractivity contribution in [3.63, 3.8) is 0 Å². The number of likely N-dealkylation sites (tertiary alicyclic amines) is 1. The van der Waals surface area contributed by atoms with Gasteiger partial charge in [-0.2, -0.15) is 8.42 Å². The highest BCUT2D eigenvalue weighted by Crippen LogP contribution is 2.27. The van der Waals surface area contributed by atoms with Gasteiger partial charge < -0.3 is 15.7 Å². The maximum Gasteiger partial charge on any atom is 0.354 e. The number of aromatic carboxylic acids is 1. The molecule has 1 aromatic carbocycles. The van der Waals surface area contributed by atoms with Gasteiger partial charge in [-0.15, -0.1) is 0 Å². The monoisotopic (exact) mass is 392 g/mol. The first-order valence-electron chi connectivity index (χ1n) is 8.30. The van der Waals surface area contributed by atoms with Crippen LogP contribution < -0.4 is 10.9 Å². The predicted molar refractivity (Wildman–Crippen MR) is 98.4 cm³/mol. The molecule has 10 heteroatoms. The van der Waals surface area contributed by atoms with Crippen molar-refractivity contribution in [1.82, 2.24) is 8.87 Å². The summed E-state index contributed by atoms with van der Waals surface area (Å²) < 4.78 is 23.6. The Balaban J connectivity index is 1.89. The maximum atomic E-state index is 12.6. The number of nitrogens with two attached hydrogens (primary N) is 2. The Morgan fingerprint density at radius 1 is 1.19 bits per heavy atom. The summed E-state index contributed by atoms with van der Waals surface area (Å²) in [6.45, 7) is 1.82. The summed E-state index contributed by atoms with van der Waals surface area (Å²) in [7, 11) is -4.24. The second-order valence-electron chi connectivity index (χ2n) is 6.44. The lowest BCUT2D eigenvalue weighted by atomic mass is 10.0. The van der Waals surface area contributed by atoms with Crippen LogP contribution in [-0.4, -0.2) is 53.9 Å². The molecule has 1 aromatic heterocycles. The lowest BCUT2D eigenvalue weighted by Gasteiger charge is -2.16. The molecule has 1 aliphatic rings. The number of nitrogens with zero attached hydrogens (tertiary/aromatic N) is 2. The van der Waals surface area contributed by atoms with Gasteiger partial charge in [-0.1, -0.05) is 12.1 Å². The second kappa shape index (κ2) is 7.14. The van der Waals surface area contributed by atoms with Crippen molar-refractivity contribution < 1.29 is 23.1 Å². The molecule has 2 aromatic rings. The van der Waals surface area contributed by atoms with Crippen molar-refractivity contribution in [1.29, 1.82) is 0 Å². The number of carbonyl (C=O) groups excluding carboxylic acids is 1. The number of benzene rings is 1. The summed E-state index contributed by atoms with van der Waals surface area (Å²) in [6, 6.07) is 7.70. The van der Waals surface area contributed by atoms with Crippen LogP contribution in [0, 0.1) is 5.92 Å². The molecule has 1 fully saturated rings. The number of aromatic nitrogens is 1. The zero-order valence-electron chi connectivity index (χ0n) is 14.4. The van der Waals surface area contributed by atoms with Crippen molar-refractivity contribution in [2.24, 2.45) is 16.8 Å². The minimum absolute atomic E-state index is 0.113. The van der Waals surface area contributed by atoms with Gasteiger partial charge in [0, 0.05) is 30.4 Å². The van der Waals surface area contributed by atoms with Crippen LogP contribution in [0.1, 0.15) is 27.3 Å². The van der Waals surface area contributed by atoms with Crippen LogP contribution in [0.5, 0.6) is 0 Å². The molecule has 5 N–H and O–H groups in total. The van der Waals surface area contributed by atoms with E-state index in [2.05, 4.69) is 0 Å². The fraction of sp³-hybridized carbons (Fsp3) is 0.294. The Labute approximate surface area is 156 Å². The van der Waals surface area contributed by atoms with Gasteiger partial charge in [-0.3, -0.25) is 4.79 Å². The van der Waals surface area contributed by atoms with Crippen LogP contribution in [0.25, 0.3) is 11.1 Å². The van der Waals surface area contributed by atoms with Crippen LogP contribution in [0.3, 0.4) is 0 Å². The number of hydrogen-bond acceptors (Lipinski definition) is 5. The van der Waals surface area contributed by atoms with Crippen LogP contribution in [0.4, 0.5) is 0 Å². The lowest BCUT2D eigenvalue weighted by molar-refractivity contribution is 0.0689. The molecule has 2 heterocycles. The summed E-state index contributed by atoms with van der Waals surface area (Å²) in [6.07, 6.45) is 1.97. The number of hydrogen-bond donors (Lipinski definition) is 3. The first kappa shape index (κ1) is 19.1. The predicted octanol–water partition coefficient (Wildman–Crippen LogP) is 0.326.